The smallest absolute Gasteiger partial charge is 0.339 e. The molecule has 0 bridgehead atoms. The Labute approximate surface area is 125 Å². The number of aromatic nitrogens is 1. The highest BCUT2D eigenvalue weighted by Gasteiger charge is 2.10. The number of benzene rings is 1. The molecule has 0 saturated heterocycles. The highest BCUT2D eigenvalue weighted by Crippen LogP contribution is 2.12. The summed E-state index contributed by atoms with van der Waals surface area (Å²) in [6, 6.07) is 12.0. The summed E-state index contributed by atoms with van der Waals surface area (Å²) in [6.45, 7) is 4.69. The summed E-state index contributed by atoms with van der Waals surface area (Å²) in [5, 5.41) is 3.27. The average Bonchev–Trinajstić information content (AvgIpc) is 2.47. The summed E-state index contributed by atoms with van der Waals surface area (Å²) < 4.78 is 4.71. The molecule has 0 aliphatic rings. The molecule has 4 nitrogen and oxygen atoms in total. The van der Waals surface area contributed by atoms with Gasteiger partial charge in [-0.1, -0.05) is 29.8 Å². The van der Waals surface area contributed by atoms with Gasteiger partial charge in [-0.15, -0.1) is 0 Å². The fourth-order valence-electron chi connectivity index (χ4n) is 2.19. The monoisotopic (exact) mass is 284 g/mol. The van der Waals surface area contributed by atoms with Crippen LogP contribution in [0.15, 0.2) is 36.4 Å². The lowest BCUT2D eigenvalue weighted by atomic mass is 10.1. The Bertz CT molecular complexity index is 638. The Morgan fingerprint density at radius 2 is 2.05 bits per heavy atom. The highest BCUT2D eigenvalue weighted by atomic mass is 16.5. The third-order valence-corrected chi connectivity index (χ3v) is 3.29. The van der Waals surface area contributed by atoms with Crippen LogP contribution in [-0.2, 0) is 11.2 Å². The molecular formula is C17H20N2O2. The second-order valence-electron chi connectivity index (χ2n) is 4.99. The summed E-state index contributed by atoms with van der Waals surface area (Å²) >= 11 is 0. The predicted molar refractivity (Wildman–Crippen MR) is 83.7 cm³/mol. The molecule has 2 rings (SSSR count). The van der Waals surface area contributed by atoms with Crippen molar-refractivity contribution in [2.24, 2.45) is 0 Å². The van der Waals surface area contributed by atoms with Crippen molar-refractivity contribution in [1.29, 1.82) is 0 Å². The summed E-state index contributed by atoms with van der Waals surface area (Å²) in [5.41, 5.74) is 3.73. The van der Waals surface area contributed by atoms with Gasteiger partial charge in [0.2, 0.25) is 0 Å². The van der Waals surface area contributed by atoms with Gasteiger partial charge in [0.25, 0.3) is 0 Å². The van der Waals surface area contributed by atoms with Crippen LogP contribution in [0.4, 0.5) is 5.82 Å². The van der Waals surface area contributed by atoms with E-state index in [1.165, 1.54) is 18.2 Å². The largest absolute Gasteiger partial charge is 0.465 e. The maximum absolute atomic E-state index is 11.5. The number of esters is 1. The molecule has 0 radical (unpaired) electrons. The Kier molecular flexibility index (Phi) is 4.93. The molecular weight excluding hydrogens is 264 g/mol. The Morgan fingerprint density at radius 3 is 2.71 bits per heavy atom. The van der Waals surface area contributed by atoms with E-state index in [2.05, 4.69) is 41.5 Å². The quantitative estimate of drug-likeness (QED) is 0.857. The van der Waals surface area contributed by atoms with Crippen LogP contribution in [-0.4, -0.2) is 24.6 Å². The normalized spacial score (nSPS) is 10.2. The third kappa shape index (κ3) is 4.05. The molecule has 2 aromatic rings. The first-order valence-electron chi connectivity index (χ1n) is 6.95. The van der Waals surface area contributed by atoms with Gasteiger partial charge in [-0.25, -0.2) is 9.78 Å². The average molecular weight is 284 g/mol. The van der Waals surface area contributed by atoms with E-state index in [1.54, 1.807) is 19.1 Å². The van der Waals surface area contributed by atoms with Crippen molar-refractivity contribution in [2.45, 2.75) is 20.3 Å². The van der Waals surface area contributed by atoms with Crippen LogP contribution in [0.25, 0.3) is 0 Å². The Morgan fingerprint density at radius 1 is 1.24 bits per heavy atom. The number of nitrogens with zero attached hydrogens (tertiary/aromatic N) is 1. The van der Waals surface area contributed by atoms with Crippen LogP contribution in [0.3, 0.4) is 0 Å². The molecule has 21 heavy (non-hydrogen) atoms. The molecule has 0 fully saturated rings. The number of nitrogens with one attached hydrogen (secondary N) is 1. The summed E-state index contributed by atoms with van der Waals surface area (Å²) in [6.07, 6.45) is 0.932. The number of anilines is 1. The zero-order valence-electron chi connectivity index (χ0n) is 12.6. The van der Waals surface area contributed by atoms with E-state index >= 15 is 0 Å². The second kappa shape index (κ2) is 6.88. The first-order chi connectivity index (χ1) is 10.1. The molecule has 1 heterocycles. The number of hydrogen-bond donors (Lipinski definition) is 1. The number of aryl methyl sites for hydroxylation is 2. The number of ether oxygens (including phenoxy) is 1. The van der Waals surface area contributed by atoms with Crippen LogP contribution in [0.2, 0.25) is 0 Å². The topological polar surface area (TPSA) is 51.2 Å². The number of pyridine rings is 1. The standard InChI is InChI=1S/C17H20N2O2/c1-12-5-4-6-14(11-12)9-10-18-16-8-7-15(13(2)19-16)17(20)21-3/h4-8,11H,9-10H2,1-3H3,(H,18,19). The van der Waals surface area contributed by atoms with Crippen molar-refractivity contribution >= 4 is 11.8 Å². The molecule has 110 valence electrons. The Balaban J connectivity index is 1.95. The minimum absolute atomic E-state index is 0.355. The van der Waals surface area contributed by atoms with E-state index in [0.29, 0.717) is 11.3 Å². The van der Waals surface area contributed by atoms with Crippen LogP contribution < -0.4 is 5.32 Å². The SMILES string of the molecule is COC(=O)c1ccc(NCCc2cccc(C)c2)nc1C. The van der Waals surface area contributed by atoms with Crippen molar-refractivity contribution in [1.82, 2.24) is 4.98 Å². The number of carbonyl (C=O) groups is 1. The van der Waals surface area contributed by atoms with Gasteiger partial charge in [0.1, 0.15) is 5.82 Å². The molecule has 0 spiro atoms. The molecule has 1 N–H and O–H groups in total. The summed E-state index contributed by atoms with van der Waals surface area (Å²) in [5.74, 6) is 0.416. The van der Waals surface area contributed by atoms with Crippen molar-refractivity contribution in [2.75, 3.05) is 19.0 Å². The van der Waals surface area contributed by atoms with E-state index in [-0.39, 0.29) is 5.97 Å². The molecule has 4 heteroatoms. The first kappa shape index (κ1) is 15.0. The number of carbonyl (C=O) groups excluding carboxylic acids is 1. The minimum atomic E-state index is -0.355. The van der Waals surface area contributed by atoms with Gasteiger partial charge < -0.3 is 10.1 Å². The van der Waals surface area contributed by atoms with Crippen LogP contribution in [0.5, 0.6) is 0 Å². The van der Waals surface area contributed by atoms with Crippen molar-refractivity contribution in [3.63, 3.8) is 0 Å². The fraction of sp³-hybridized carbons (Fsp3) is 0.294. The van der Waals surface area contributed by atoms with Crippen LogP contribution in [0, 0.1) is 13.8 Å². The van der Waals surface area contributed by atoms with Gasteiger partial charge in [0.05, 0.1) is 18.4 Å². The maximum atomic E-state index is 11.5. The number of hydrogen-bond acceptors (Lipinski definition) is 4. The molecule has 1 aromatic heterocycles. The lowest BCUT2D eigenvalue weighted by Crippen LogP contribution is -2.10. The first-order valence-corrected chi connectivity index (χ1v) is 6.95. The van der Waals surface area contributed by atoms with Crippen LogP contribution in [0.1, 0.15) is 27.2 Å². The van der Waals surface area contributed by atoms with Crippen molar-refractivity contribution < 1.29 is 9.53 Å². The van der Waals surface area contributed by atoms with Crippen molar-refractivity contribution in [3.8, 4) is 0 Å². The molecule has 0 unspecified atom stereocenters. The molecule has 0 aliphatic heterocycles. The van der Waals surface area contributed by atoms with Gasteiger partial charge in [-0.3, -0.25) is 0 Å². The number of methoxy groups -OCH3 is 1. The molecule has 0 saturated carbocycles. The predicted octanol–water partition coefficient (Wildman–Crippen LogP) is 3.14. The molecule has 0 atom stereocenters. The molecule has 0 amide bonds. The third-order valence-electron chi connectivity index (χ3n) is 3.29. The summed E-state index contributed by atoms with van der Waals surface area (Å²) in [7, 11) is 1.37. The molecule has 0 aliphatic carbocycles. The van der Waals surface area contributed by atoms with Crippen LogP contribution >= 0.6 is 0 Å². The Hall–Kier alpha value is -2.36. The van der Waals surface area contributed by atoms with E-state index in [1.807, 2.05) is 0 Å². The minimum Gasteiger partial charge on any atom is -0.465 e. The van der Waals surface area contributed by atoms with Gasteiger partial charge in [-0.2, -0.15) is 0 Å². The van der Waals surface area contributed by atoms with Gasteiger partial charge >= 0.3 is 5.97 Å². The van der Waals surface area contributed by atoms with Gasteiger partial charge in [0.15, 0.2) is 0 Å². The summed E-state index contributed by atoms with van der Waals surface area (Å²) in [4.78, 5) is 15.9. The lowest BCUT2D eigenvalue weighted by Gasteiger charge is -2.09. The zero-order valence-corrected chi connectivity index (χ0v) is 12.6. The fourth-order valence-corrected chi connectivity index (χ4v) is 2.19. The van der Waals surface area contributed by atoms with E-state index < -0.39 is 0 Å². The van der Waals surface area contributed by atoms with E-state index in [4.69, 9.17) is 4.74 Å². The van der Waals surface area contributed by atoms with E-state index in [0.717, 1.165) is 18.8 Å². The van der Waals surface area contributed by atoms with Gasteiger partial charge in [0, 0.05) is 6.54 Å². The van der Waals surface area contributed by atoms with Gasteiger partial charge in [-0.05, 0) is 38.0 Å². The zero-order chi connectivity index (χ0) is 15.2. The lowest BCUT2D eigenvalue weighted by molar-refractivity contribution is 0.0599. The number of rotatable bonds is 5. The molecule has 1 aromatic carbocycles. The van der Waals surface area contributed by atoms with E-state index in [9.17, 15) is 4.79 Å². The highest BCUT2D eigenvalue weighted by molar-refractivity contribution is 5.90. The maximum Gasteiger partial charge on any atom is 0.339 e. The van der Waals surface area contributed by atoms with Crippen molar-refractivity contribution in [3.05, 3.63) is 58.8 Å². The second-order valence-corrected chi connectivity index (χ2v) is 4.99.